The Kier molecular flexibility index (Phi) is 4.34. The van der Waals surface area contributed by atoms with Crippen molar-refractivity contribution in [1.82, 2.24) is 10.2 Å². The molecular formula is C13H19N3O2S. The minimum absolute atomic E-state index is 0.0707. The third-order valence-electron chi connectivity index (χ3n) is 3.39. The van der Waals surface area contributed by atoms with E-state index >= 15 is 0 Å². The van der Waals surface area contributed by atoms with Crippen molar-refractivity contribution in [3.8, 4) is 0 Å². The fraction of sp³-hybridized carbons (Fsp3) is 0.538. The molecule has 5 nitrogen and oxygen atoms in total. The lowest BCUT2D eigenvalue weighted by molar-refractivity contribution is -0.141. The third-order valence-corrected chi connectivity index (χ3v) is 4.49. The molecular weight excluding hydrogens is 262 g/mol. The van der Waals surface area contributed by atoms with Gasteiger partial charge >= 0.3 is 0 Å². The molecule has 19 heavy (non-hydrogen) atoms. The molecule has 2 amide bonds. The first-order valence-corrected chi connectivity index (χ1v) is 7.24. The molecule has 6 heteroatoms. The van der Waals surface area contributed by atoms with Crippen LogP contribution in [0.3, 0.4) is 0 Å². The first-order valence-electron chi connectivity index (χ1n) is 6.42. The Bertz CT molecular complexity index is 486. The van der Waals surface area contributed by atoms with E-state index in [1.165, 1.54) is 4.88 Å². The number of carbonyl (C=O) groups is 2. The number of piperazine rings is 1. The minimum Gasteiger partial charge on any atom is -0.329 e. The molecule has 1 aliphatic rings. The van der Waals surface area contributed by atoms with E-state index < -0.39 is 0 Å². The van der Waals surface area contributed by atoms with E-state index in [2.05, 4.69) is 5.32 Å². The van der Waals surface area contributed by atoms with E-state index in [4.69, 9.17) is 5.73 Å². The zero-order valence-electron chi connectivity index (χ0n) is 11.2. The van der Waals surface area contributed by atoms with Crippen LogP contribution in [0.15, 0.2) is 12.1 Å². The van der Waals surface area contributed by atoms with Crippen LogP contribution in [-0.4, -0.2) is 35.8 Å². The van der Waals surface area contributed by atoms with Gasteiger partial charge in [0.05, 0.1) is 18.6 Å². The molecule has 0 bridgehead atoms. The average molecular weight is 281 g/mol. The topological polar surface area (TPSA) is 75.4 Å². The van der Waals surface area contributed by atoms with Crippen molar-refractivity contribution in [3.63, 3.8) is 0 Å². The summed E-state index contributed by atoms with van der Waals surface area (Å²) in [5.74, 6) is -0.466. The van der Waals surface area contributed by atoms with Crippen LogP contribution < -0.4 is 11.1 Å². The predicted molar refractivity (Wildman–Crippen MR) is 74.8 cm³/mol. The van der Waals surface area contributed by atoms with Gasteiger partial charge in [0.2, 0.25) is 11.8 Å². The van der Waals surface area contributed by atoms with Crippen LogP contribution in [0, 0.1) is 6.92 Å². The molecule has 0 aromatic carbocycles. The van der Waals surface area contributed by atoms with E-state index in [0.717, 1.165) is 4.88 Å². The fourth-order valence-corrected chi connectivity index (χ4v) is 3.49. The summed E-state index contributed by atoms with van der Waals surface area (Å²) >= 11 is 1.66. The van der Waals surface area contributed by atoms with Gasteiger partial charge in [-0.1, -0.05) is 6.92 Å². The van der Waals surface area contributed by atoms with Crippen molar-refractivity contribution in [3.05, 3.63) is 21.9 Å². The molecule has 104 valence electrons. The van der Waals surface area contributed by atoms with Gasteiger partial charge in [-0.2, -0.15) is 0 Å². The molecule has 0 saturated carbocycles. The molecule has 2 rings (SSSR count). The maximum atomic E-state index is 11.9. The molecule has 2 atom stereocenters. The molecule has 2 heterocycles. The Morgan fingerprint density at radius 2 is 2.26 bits per heavy atom. The van der Waals surface area contributed by atoms with E-state index in [1.807, 2.05) is 30.9 Å². The van der Waals surface area contributed by atoms with Crippen molar-refractivity contribution in [2.45, 2.75) is 32.4 Å². The molecule has 0 aliphatic carbocycles. The number of thiophene rings is 1. The minimum atomic E-state index is -0.284. The van der Waals surface area contributed by atoms with Gasteiger partial charge in [-0.05, 0) is 25.5 Å². The number of nitrogens with one attached hydrogen (secondary N) is 1. The summed E-state index contributed by atoms with van der Waals surface area (Å²) in [7, 11) is 0. The molecule has 1 aliphatic heterocycles. The van der Waals surface area contributed by atoms with Crippen molar-refractivity contribution >= 4 is 23.2 Å². The van der Waals surface area contributed by atoms with Crippen LogP contribution in [0.5, 0.6) is 0 Å². The maximum absolute atomic E-state index is 11.9. The zero-order valence-corrected chi connectivity index (χ0v) is 12.0. The lowest BCUT2D eigenvalue weighted by Crippen LogP contribution is -2.59. The van der Waals surface area contributed by atoms with Crippen LogP contribution in [0.1, 0.15) is 29.1 Å². The van der Waals surface area contributed by atoms with Crippen LogP contribution in [0.2, 0.25) is 0 Å². The van der Waals surface area contributed by atoms with Crippen LogP contribution in [0.25, 0.3) is 0 Å². The van der Waals surface area contributed by atoms with Gasteiger partial charge in [0, 0.05) is 16.3 Å². The first kappa shape index (κ1) is 14.2. The van der Waals surface area contributed by atoms with E-state index in [1.54, 1.807) is 11.3 Å². The molecule has 2 unspecified atom stereocenters. The van der Waals surface area contributed by atoms with Crippen molar-refractivity contribution in [2.75, 3.05) is 13.1 Å². The number of hydrogen-bond acceptors (Lipinski definition) is 5. The lowest BCUT2D eigenvalue weighted by atomic mass is 10.0. The largest absolute Gasteiger partial charge is 0.329 e. The molecule has 1 aromatic rings. The molecule has 0 spiro atoms. The summed E-state index contributed by atoms with van der Waals surface area (Å²) in [5.41, 5.74) is 5.87. The second-order valence-corrected chi connectivity index (χ2v) is 6.03. The highest BCUT2D eigenvalue weighted by molar-refractivity contribution is 7.12. The number of hydrogen-bond donors (Lipinski definition) is 2. The number of aryl methyl sites for hydroxylation is 1. The quantitative estimate of drug-likeness (QED) is 0.800. The summed E-state index contributed by atoms with van der Waals surface area (Å²) in [6.07, 6.45) is 0.667. The molecule has 1 fully saturated rings. The predicted octanol–water partition coefficient (Wildman–Crippen LogP) is 0.793. The number of nitrogens with two attached hydrogens (primary N) is 1. The second kappa shape index (κ2) is 5.81. The van der Waals surface area contributed by atoms with E-state index in [9.17, 15) is 9.59 Å². The van der Waals surface area contributed by atoms with Crippen molar-refractivity contribution < 1.29 is 9.59 Å². The van der Waals surface area contributed by atoms with Gasteiger partial charge in [0.15, 0.2) is 0 Å². The van der Waals surface area contributed by atoms with Gasteiger partial charge < -0.3 is 5.73 Å². The Balaban J connectivity index is 2.29. The molecule has 0 radical (unpaired) electrons. The Morgan fingerprint density at radius 1 is 1.53 bits per heavy atom. The van der Waals surface area contributed by atoms with Gasteiger partial charge in [-0.3, -0.25) is 19.8 Å². The first-order chi connectivity index (χ1) is 9.06. The van der Waals surface area contributed by atoms with Gasteiger partial charge in [0.25, 0.3) is 0 Å². The number of amides is 2. The van der Waals surface area contributed by atoms with Gasteiger partial charge in [0.1, 0.15) is 0 Å². The second-order valence-electron chi connectivity index (χ2n) is 4.71. The highest BCUT2D eigenvalue weighted by Gasteiger charge is 2.37. The molecule has 1 saturated heterocycles. The maximum Gasteiger partial charge on any atom is 0.243 e. The van der Waals surface area contributed by atoms with E-state index in [0.29, 0.717) is 13.0 Å². The number of imide groups is 1. The number of nitrogens with zero attached hydrogens (tertiary/aromatic N) is 1. The normalized spacial score (nSPS) is 22.4. The van der Waals surface area contributed by atoms with Crippen LogP contribution >= 0.6 is 11.3 Å². The monoisotopic (exact) mass is 281 g/mol. The van der Waals surface area contributed by atoms with Gasteiger partial charge in [-0.15, -0.1) is 11.3 Å². The van der Waals surface area contributed by atoms with Crippen molar-refractivity contribution in [2.24, 2.45) is 5.73 Å². The summed E-state index contributed by atoms with van der Waals surface area (Å²) in [4.78, 5) is 27.7. The lowest BCUT2D eigenvalue weighted by Gasteiger charge is -2.38. The SMILES string of the molecule is CCC1C(=O)NC(=O)CN1C(CN)c1ccc(C)s1. The number of rotatable bonds is 4. The molecule has 1 aromatic heterocycles. The Labute approximate surface area is 116 Å². The third kappa shape index (κ3) is 2.86. The van der Waals surface area contributed by atoms with Crippen LogP contribution in [0.4, 0.5) is 0 Å². The molecule has 3 N–H and O–H groups in total. The summed E-state index contributed by atoms with van der Waals surface area (Å²) in [6.45, 7) is 4.60. The highest BCUT2D eigenvalue weighted by atomic mass is 32.1. The summed E-state index contributed by atoms with van der Waals surface area (Å²) in [6, 6.07) is 3.71. The fourth-order valence-electron chi connectivity index (χ4n) is 2.48. The number of carbonyl (C=O) groups excluding carboxylic acids is 2. The highest BCUT2D eigenvalue weighted by Crippen LogP contribution is 2.29. The zero-order chi connectivity index (χ0) is 14.0. The van der Waals surface area contributed by atoms with Crippen LogP contribution in [-0.2, 0) is 9.59 Å². The standard InChI is InChI=1S/C13H19N3O2S/c1-3-9-13(18)15-12(17)7-16(9)10(6-14)11-5-4-8(2)19-11/h4-5,9-10H,3,6-7,14H2,1-2H3,(H,15,17,18). The Morgan fingerprint density at radius 3 is 2.79 bits per heavy atom. The average Bonchev–Trinajstić information content (AvgIpc) is 2.76. The Hall–Kier alpha value is -1.24. The summed E-state index contributed by atoms with van der Waals surface area (Å²) in [5, 5.41) is 2.39. The smallest absolute Gasteiger partial charge is 0.243 e. The van der Waals surface area contributed by atoms with Crippen molar-refractivity contribution in [1.29, 1.82) is 0 Å². The van der Waals surface area contributed by atoms with E-state index in [-0.39, 0.29) is 30.4 Å². The van der Waals surface area contributed by atoms with Gasteiger partial charge in [-0.25, -0.2) is 0 Å². The summed E-state index contributed by atoms with van der Waals surface area (Å²) < 4.78 is 0.